The average Bonchev–Trinajstić information content (AvgIpc) is 2.33. The minimum atomic E-state index is 0. The molecule has 0 fully saturated rings. The number of halogens is 1. The maximum Gasteiger partial charge on any atom is 0.155 e. The zero-order valence-electron chi connectivity index (χ0n) is 5.82. The molecule has 2 heterocycles. The third kappa shape index (κ3) is 1.33. The van der Waals surface area contributed by atoms with Crippen molar-refractivity contribution in [3.63, 3.8) is 0 Å². The van der Waals surface area contributed by atoms with Gasteiger partial charge in [-0.1, -0.05) is 0 Å². The highest BCUT2D eigenvalue weighted by atomic mass is 35.5. The molecule has 0 spiro atoms. The van der Waals surface area contributed by atoms with E-state index in [1.807, 2.05) is 6.08 Å². The Kier molecular flexibility index (Phi) is 2.10. The van der Waals surface area contributed by atoms with Crippen LogP contribution in [-0.2, 0) is 0 Å². The smallest absolute Gasteiger partial charge is 0.155 e. The molecule has 2 aliphatic rings. The highest BCUT2D eigenvalue weighted by molar-refractivity contribution is 6.11. The SMILES string of the molecule is Cl.NC1=CN=C2N=CC=C2C1. The van der Waals surface area contributed by atoms with Gasteiger partial charge in [0.1, 0.15) is 0 Å². The molecule has 0 aliphatic carbocycles. The molecule has 11 heavy (non-hydrogen) atoms. The normalized spacial score (nSPS) is 19.5. The number of allylic oxidation sites excluding steroid dienone is 2. The average molecular weight is 170 g/mol. The lowest BCUT2D eigenvalue weighted by atomic mass is 10.1. The van der Waals surface area contributed by atoms with Crippen molar-refractivity contribution in [3.8, 4) is 0 Å². The zero-order chi connectivity index (χ0) is 6.97. The second kappa shape index (κ2) is 2.88. The first-order valence-electron chi connectivity index (χ1n) is 3.12. The maximum atomic E-state index is 5.55. The van der Waals surface area contributed by atoms with E-state index in [1.54, 1.807) is 12.4 Å². The van der Waals surface area contributed by atoms with Crippen molar-refractivity contribution in [2.75, 3.05) is 0 Å². The van der Waals surface area contributed by atoms with E-state index in [-0.39, 0.29) is 12.4 Å². The molecule has 0 unspecified atom stereocenters. The molecular weight excluding hydrogens is 162 g/mol. The lowest BCUT2D eigenvalue weighted by Crippen LogP contribution is -2.07. The van der Waals surface area contributed by atoms with E-state index in [0.29, 0.717) is 0 Å². The monoisotopic (exact) mass is 169 g/mol. The maximum absolute atomic E-state index is 5.55. The van der Waals surface area contributed by atoms with E-state index in [0.717, 1.165) is 23.5 Å². The van der Waals surface area contributed by atoms with E-state index in [9.17, 15) is 0 Å². The van der Waals surface area contributed by atoms with E-state index >= 15 is 0 Å². The molecule has 2 aliphatic heterocycles. The van der Waals surface area contributed by atoms with Crippen LogP contribution in [0.15, 0.2) is 33.5 Å². The summed E-state index contributed by atoms with van der Waals surface area (Å²) in [7, 11) is 0. The van der Waals surface area contributed by atoms with Crippen LogP contribution in [-0.4, -0.2) is 12.1 Å². The fraction of sp³-hybridized carbons (Fsp3) is 0.143. The Balaban J connectivity index is 0.000000605. The summed E-state index contributed by atoms with van der Waals surface area (Å²) in [6.45, 7) is 0. The number of nitrogens with zero attached hydrogens (tertiary/aromatic N) is 2. The largest absolute Gasteiger partial charge is 0.401 e. The van der Waals surface area contributed by atoms with Crippen molar-refractivity contribution in [1.82, 2.24) is 0 Å². The molecule has 0 atom stereocenters. The Hall–Kier alpha value is -1.09. The minimum Gasteiger partial charge on any atom is -0.401 e. The molecule has 0 saturated heterocycles. The van der Waals surface area contributed by atoms with Crippen LogP contribution >= 0.6 is 12.4 Å². The van der Waals surface area contributed by atoms with Crippen molar-refractivity contribution in [2.45, 2.75) is 6.42 Å². The first-order chi connectivity index (χ1) is 4.86. The van der Waals surface area contributed by atoms with E-state index in [4.69, 9.17) is 5.73 Å². The topological polar surface area (TPSA) is 50.7 Å². The number of rotatable bonds is 0. The van der Waals surface area contributed by atoms with Gasteiger partial charge in [0.05, 0.1) is 0 Å². The van der Waals surface area contributed by atoms with Gasteiger partial charge in [0.25, 0.3) is 0 Å². The molecule has 0 bridgehead atoms. The Morgan fingerprint density at radius 3 is 3.09 bits per heavy atom. The van der Waals surface area contributed by atoms with Crippen LogP contribution in [0.3, 0.4) is 0 Å². The highest BCUT2D eigenvalue weighted by Gasteiger charge is 2.13. The molecule has 0 radical (unpaired) electrons. The summed E-state index contributed by atoms with van der Waals surface area (Å²) < 4.78 is 0. The molecule has 0 aromatic heterocycles. The van der Waals surface area contributed by atoms with Gasteiger partial charge in [-0.2, -0.15) is 0 Å². The third-order valence-electron chi connectivity index (χ3n) is 1.51. The predicted octanol–water partition coefficient (Wildman–Crippen LogP) is 1.02. The minimum absolute atomic E-state index is 0. The van der Waals surface area contributed by atoms with Crippen LogP contribution in [0.25, 0.3) is 0 Å². The molecule has 0 saturated carbocycles. The van der Waals surface area contributed by atoms with Crippen LogP contribution in [0.4, 0.5) is 0 Å². The summed E-state index contributed by atoms with van der Waals surface area (Å²) >= 11 is 0. The van der Waals surface area contributed by atoms with Crippen molar-refractivity contribution >= 4 is 24.5 Å². The number of hydrogen-bond acceptors (Lipinski definition) is 3. The Labute approximate surface area is 70.8 Å². The molecule has 3 nitrogen and oxygen atoms in total. The highest BCUT2D eigenvalue weighted by Crippen LogP contribution is 2.17. The first-order valence-corrected chi connectivity index (χ1v) is 3.12. The number of hydrogen-bond donors (Lipinski definition) is 1. The molecular formula is C7H8ClN3. The number of amidine groups is 1. The van der Waals surface area contributed by atoms with Crippen LogP contribution in [0, 0.1) is 0 Å². The second-order valence-electron chi connectivity index (χ2n) is 2.30. The van der Waals surface area contributed by atoms with E-state index < -0.39 is 0 Å². The fourth-order valence-electron chi connectivity index (χ4n) is 1.02. The second-order valence-corrected chi connectivity index (χ2v) is 2.30. The van der Waals surface area contributed by atoms with Crippen molar-refractivity contribution in [1.29, 1.82) is 0 Å². The van der Waals surface area contributed by atoms with Crippen LogP contribution in [0.1, 0.15) is 6.42 Å². The molecule has 0 amide bonds. The summed E-state index contributed by atoms with van der Waals surface area (Å²) in [5.74, 6) is 0.814. The quantitative estimate of drug-likeness (QED) is 0.579. The van der Waals surface area contributed by atoms with Gasteiger partial charge < -0.3 is 5.73 Å². The summed E-state index contributed by atoms with van der Waals surface area (Å²) in [6.07, 6.45) is 6.15. The first kappa shape index (κ1) is 8.01. The summed E-state index contributed by atoms with van der Waals surface area (Å²) in [6, 6.07) is 0. The molecule has 0 aromatic rings. The molecule has 58 valence electrons. The van der Waals surface area contributed by atoms with Gasteiger partial charge in [0.2, 0.25) is 0 Å². The van der Waals surface area contributed by atoms with Gasteiger partial charge in [-0.3, -0.25) is 0 Å². The fourth-order valence-corrected chi connectivity index (χ4v) is 1.02. The lowest BCUT2D eigenvalue weighted by molar-refractivity contribution is 1.09. The van der Waals surface area contributed by atoms with Crippen molar-refractivity contribution < 1.29 is 0 Å². The van der Waals surface area contributed by atoms with Crippen molar-refractivity contribution in [3.05, 3.63) is 23.5 Å². The Bertz CT molecular complexity index is 286. The summed E-state index contributed by atoms with van der Waals surface area (Å²) in [5, 5.41) is 0. The van der Waals surface area contributed by atoms with Crippen LogP contribution < -0.4 is 5.73 Å². The van der Waals surface area contributed by atoms with E-state index in [1.165, 1.54) is 0 Å². The van der Waals surface area contributed by atoms with Crippen LogP contribution in [0.2, 0.25) is 0 Å². The molecule has 2 N–H and O–H groups in total. The molecule has 2 rings (SSSR count). The standard InChI is InChI=1S/C7H7N3.ClH/c8-6-3-5-1-2-9-7(5)10-4-6;/h1-2,4H,3,8H2;1H. The predicted molar refractivity (Wildman–Crippen MR) is 48.1 cm³/mol. The third-order valence-corrected chi connectivity index (χ3v) is 1.51. The summed E-state index contributed by atoms with van der Waals surface area (Å²) in [4.78, 5) is 8.06. The number of fused-ring (bicyclic) bond motifs is 1. The lowest BCUT2D eigenvalue weighted by Gasteiger charge is -2.06. The van der Waals surface area contributed by atoms with Gasteiger partial charge in [0, 0.05) is 30.1 Å². The van der Waals surface area contributed by atoms with Crippen LogP contribution in [0.5, 0.6) is 0 Å². The van der Waals surface area contributed by atoms with E-state index in [2.05, 4.69) is 9.98 Å². The van der Waals surface area contributed by atoms with Gasteiger partial charge in [0.15, 0.2) is 5.84 Å². The zero-order valence-corrected chi connectivity index (χ0v) is 6.64. The molecule has 0 aromatic carbocycles. The van der Waals surface area contributed by atoms with Gasteiger partial charge >= 0.3 is 0 Å². The number of nitrogens with two attached hydrogens (primary N) is 1. The Morgan fingerprint density at radius 1 is 1.45 bits per heavy atom. The summed E-state index contributed by atoms with van der Waals surface area (Å²) in [5.41, 5.74) is 7.48. The Morgan fingerprint density at radius 2 is 2.27 bits per heavy atom. The number of aliphatic imine (C=N–C) groups is 2. The van der Waals surface area contributed by atoms with Gasteiger partial charge in [-0.05, 0) is 6.08 Å². The van der Waals surface area contributed by atoms with Gasteiger partial charge in [-0.25, -0.2) is 9.98 Å². The molecule has 4 heteroatoms. The van der Waals surface area contributed by atoms with Crippen molar-refractivity contribution in [2.24, 2.45) is 15.7 Å². The van der Waals surface area contributed by atoms with Gasteiger partial charge in [-0.15, -0.1) is 12.4 Å².